The summed E-state index contributed by atoms with van der Waals surface area (Å²) >= 11 is 1.99. The van der Waals surface area contributed by atoms with Crippen molar-refractivity contribution in [3.63, 3.8) is 0 Å². The SMILES string of the molecule is Cc1ccc(N2c3ccccc3B3c4sc5cc6c(cc5c4N(c4ccccc4)c4cccc2c43)-c2ccccc2C62c3ccccc3-c3ccccc32)cc1. The zero-order chi connectivity index (χ0) is 36.7. The quantitative estimate of drug-likeness (QED) is 0.164. The minimum atomic E-state index is -0.376. The van der Waals surface area contributed by atoms with E-state index in [0.29, 0.717) is 0 Å². The van der Waals surface area contributed by atoms with Crippen LogP contribution in [0.4, 0.5) is 34.1 Å². The monoisotopic (exact) mass is 728 g/mol. The van der Waals surface area contributed by atoms with Crippen LogP contribution in [0.15, 0.2) is 182 Å². The molecular weight excluding hydrogens is 695 g/mol. The zero-order valence-corrected chi connectivity index (χ0v) is 31.5. The Morgan fingerprint density at radius 3 is 1.71 bits per heavy atom. The number of hydrogen-bond donors (Lipinski definition) is 0. The maximum atomic E-state index is 2.58. The molecule has 0 saturated carbocycles. The van der Waals surface area contributed by atoms with E-state index in [9.17, 15) is 0 Å². The summed E-state index contributed by atoms with van der Waals surface area (Å²) in [4.78, 5) is 5.05. The number of para-hydroxylation sites is 2. The second kappa shape index (κ2) is 11.0. The van der Waals surface area contributed by atoms with Gasteiger partial charge in [-0.3, -0.25) is 0 Å². The van der Waals surface area contributed by atoms with Gasteiger partial charge < -0.3 is 9.80 Å². The van der Waals surface area contributed by atoms with Crippen molar-refractivity contribution in [2.75, 3.05) is 9.80 Å². The molecule has 4 heteroatoms. The molecule has 2 aliphatic carbocycles. The van der Waals surface area contributed by atoms with Crippen molar-refractivity contribution in [1.82, 2.24) is 0 Å². The lowest BCUT2D eigenvalue weighted by Gasteiger charge is -2.43. The summed E-state index contributed by atoms with van der Waals surface area (Å²) in [5.74, 6) is 0. The Bertz CT molecular complexity index is 3080. The van der Waals surface area contributed by atoms with Gasteiger partial charge in [0.2, 0.25) is 0 Å². The highest BCUT2D eigenvalue weighted by Crippen LogP contribution is 2.64. The van der Waals surface area contributed by atoms with E-state index >= 15 is 0 Å². The maximum absolute atomic E-state index is 2.58. The first-order valence-electron chi connectivity index (χ1n) is 19.6. The Balaban J connectivity index is 1.14. The van der Waals surface area contributed by atoms with Gasteiger partial charge in [-0.05, 0) is 117 Å². The number of nitrogens with zero attached hydrogens (tertiary/aromatic N) is 2. The van der Waals surface area contributed by atoms with Gasteiger partial charge in [-0.2, -0.15) is 0 Å². The topological polar surface area (TPSA) is 6.48 Å². The van der Waals surface area contributed by atoms with Crippen molar-refractivity contribution in [3.8, 4) is 22.3 Å². The molecule has 0 bridgehead atoms. The van der Waals surface area contributed by atoms with Crippen LogP contribution < -0.4 is 25.5 Å². The van der Waals surface area contributed by atoms with E-state index in [1.54, 1.807) is 0 Å². The number of benzene rings is 8. The van der Waals surface area contributed by atoms with Crippen molar-refractivity contribution in [3.05, 3.63) is 210 Å². The molecule has 0 amide bonds. The average molecular weight is 729 g/mol. The molecule has 1 spiro atoms. The molecule has 0 unspecified atom stereocenters. The third-order valence-electron chi connectivity index (χ3n) is 12.9. The fraction of sp³-hybridized carbons (Fsp3) is 0.0385. The average Bonchev–Trinajstić information content (AvgIpc) is 3.87. The van der Waals surface area contributed by atoms with Gasteiger partial charge in [-0.15, -0.1) is 11.3 Å². The molecule has 260 valence electrons. The minimum absolute atomic E-state index is 0.0930. The third kappa shape index (κ3) is 3.73. The maximum Gasteiger partial charge on any atom is 0.264 e. The molecule has 0 N–H and O–H groups in total. The van der Waals surface area contributed by atoms with Gasteiger partial charge >= 0.3 is 0 Å². The van der Waals surface area contributed by atoms with E-state index in [1.165, 1.54) is 110 Å². The van der Waals surface area contributed by atoms with E-state index in [0.717, 1.165) is 0 Å². The van der Waals surface area contributed by atoms with Crippen molar-refractivity contribution in [2.45, 2.75) is 12.3 Å². The Kier molecular flexibility index (Phi) is 6.03. The van der Waals surface area contributed by atoms with Crippen molar-refractivity contribution >= 4 is 78.0 Å². The summed E-state index contributed by atoms with van der Waals surface area (Å²) in [6, 6.07) is 68.5. The highest BCUT2D eigenvalue weighted by atomic mass is 32.1. The van der Waals surface area contributed by atoms with Gasteiger partial charge in [-0.25, -0.2) is 0 Å². The first-order valence-corrected chi connectivity index (χ1v) is 20.4. The molecule has 2 nitrogen and oxygen atoms in total. The minimum Gasteiger partial charge on any atom is -0.311 e. The standard InChI is InChI=1S/C52H33BN2S/c1-32-26-28-34(29-27-32)54-45-23-12-11-22-44(45)53-49-46(54)24-13-25-47(49)55(33-14-3-2-4-15-33)50-39-30-38-37-18-7-10-21-42(37)52(43(38)31-48(39)56-51(50)53)40-19-8-5-16-35(40)36-17-6-9-20-41(36)52/h2-31H,1H3. The van der Waals surface area contributed by atoms with E-state index in [-0.39, 0.29) is 12.1 Å². The molecule has 56 heavy (non-hydrogen) atoms. The summed E-state index contributed by atoms with van der Waals surface area (Å²) in [5, 5.41) is 1.31. The number of aryl methyl sites for hydroxylation is 1. The molecule has 0 fully saturated rings. The molecule has 0 atom stereocenters. The summed E-state index contributed by atoms with van der Waals surface area (Å²) in [6.45, 7) is 2.26. The van der Waals surface area contributed by atoms with Gasteiger partial charge in [0.05, 0.1) is 11.1 Å². The van der Waals surface area contributed by atoms with Crippen molar-refractivity contribution in [2.24, 2.45) is 0 Å². The number of anilines is 6. The summed E-state index contributed by atoms with van der Waals surface area (Å²) in [6.07, 6.45) is 0. The Hall–Kier alpha value is -6.62. The molecule has 4 aliphatic rings. The molecular formula is C52H33BN2S. The lowest BCUT2D eigenvalue weighted by atomic mass is 9.36. The summed E-state index contributed by atoms with van der Waals surface area (Å²) < 4.78 is 2.73. The number of rotatable bonds is 2. The molecule has 0 radical (unpaired) electrons. The number of hydrogen-bond acceptors (Lipinski definition) is 3. The largest absolute Gasteiger partial charge is 0.311 e. The number of thiophene rings is 1. The van der Waals surface area contributed by atoms with Gasteiger partial charge in [0.1, 0.15) is 0 Å². The molecule has 3 heterocycles. The van der Waals surface area contributed by atoms with Crippen molar-refractivity contribution in [1.29, 1.82) is 0 Å². The lowest BCUT2D eigenvalue weighted by Crippen LogP contribution is -2.60. The van der Waals surface area contributed by atoms with E-state index < -0.39 is 0 Å². The number of fused-ring (bicyclic) bond motifs is 16. The predicted octanol–water partition coefficient (Wildman–Crippen LogP) is 11.6. The van der Waals surface area contributed by atoms with Crippen LogP contribution in [-0.2, 0) is 5.41 Å². The second-order valence-electron chi connectivity index (χ2n) is 15.6. The van der Waals surface area contributed by atoms with Crippen LogP contribution in [0, 0.1) is 6.92 Å². The predicted molar refractivity (Wildman–Crippen MR) is 237 cm³/mol. The fourth-order valence-electron chi connectivity index (χ4n) is 10.8. The van der Waals surface area contributed by atoms with Crippen LogP contribution in [-0.4, -0.2) is 6.71 Å². The summed E-state index contributed by atoms with van der Waals surface area (Å²) in [5.41, 5.74) is 21.9. The second-order valence-corrected chi connectivity index (χ2v) is 16.7. The zero-order valence-electron chi connectivity index (χ0n) is 30.7. The lowest BCUT2D eigenvalue weighted by molar-refractivity contribution is 0.795. The van der Waals surface area contributed by atoms with Crippen molar-refractivity contribution < 1.29 is 0 Å². The molecule has 13 rings (SSSR count). The first-order chi connectivity index (χ1) is 27.7. The van der Waals surface area contributed by atoms with Gasteiger partial charge in [0.15, 0.2) is 0 Å². The van der Waals surface area contributed by atoms with Crippen LogP contribution in [0.1, 0.15) is 27.8 Å². The summed E-state index contributed by atoms with van der Waals surface area (Å²) in [7, 11) is 0. The molecule has 2 aliphatic heterocycles. The molecule has 8 aromatic carbocycles. The third-order valence-corrected chi connectivity index (χ3v) is 14.1. The van der Waals surface area contributed by atoms with Crippen LogP contribution in [0.5, 0.6) is 0 Å². The highest BCUT2D eigenvalue weighted by Gasteiger charge is 2.52. The van der Waals surface area contributed by atoms with Crippen LogP contribution in [0.3, 0.4) is 0 Å². The van der Waals surface area contributed by atoms with Gasteiger partial charge in [0, 0.05) is 43.3 Å². The van der Waals surface area contributed by atoms with Gasteiger partial charge in [-0.1, -0.05) is 133 Å². The fourth-order valence-corrected chi connectivity index (χ4v) is 12.1. The van der Waals surface area contributed by atoms with Gasteiger partial charge in [0.25, 0.3) is 6.71 Å². The molecule has 9 aromatic rings. The Labute approximate surface area is 330 Å². The Morgan fingerprint density at radius 1 is 0.464 bits per heavy atom. The van der Waals surface area contributed by atoms with E-state index in [1.807, 2.05) is 11.3 Å². The van der Waals surface area contributed by atoms with E-state index in [2.05, 4.69) is 199 Å². The molecule has 1 aromatic heterocycles. The molecule has 0 saturated heterocycles. The van der Waals surface area contributed by atoms with Crippen LogP contribution >= 0.6 is 11.3 Å². The smallest absolute Gasteiger partial charge is 0.264 e. The Morgan fingerprint density at radius 2 is 1.02 bits per heavy atom. The van der Waals surface area contributed by atoms with E-state index in [4.69, 9.17) is 0 Å². The first kappa shape index (κ1) is 30.7. The highest BCUT2D eigenvalue weighted by molar-refractivity contribution is 7.33. The van der Waals surface area contributed by atoms with Crippen LogP contribution in [0.2, 0.25) is 0 Å². The normalized spacial score (nSPS) is 14.6. The van der Waals surface area contributed by atoms with Crippen LogP contribution in [0.25, 0.3) is 32.3 Å².